The van der Waals surface area contributed by atoms with E-state index in [1.54, 1.807) is 0 Å². The first-order valence-electron chi connectivity index (χ1n) is 9.79. The number of fused-ring (bicyclic) bond motifs is 10. The number of aromatic nitrogens is 1. The minimum Gasteiger partial charge on any atom is -0.489 e. The summed E-state index contributed by atoms with van der Waals surface area (Å²) in [4.78, 5) is 0. The van der Waals surface area contributed by atoms with E-state index in [-0.39, 0.29) is 12.0 Å². The van der Waals surface area contributed by atoms with Gasteiger partial charge in [-0.2, -0.15) is 0 Å². The summed E-state index contributed by atoms with van der Waals surface area (Å²) in [5.74, 6) is 7.89. The van der Waals surface area contributed by atoms with Gasteiger partial charge in [0, 0.05) is 28.2 Å². The number of nitrogens with zero attached hydrogens (tertiary/aromatic N) is 1. The van der Waals surface area contributed by atoms with Crippen LogP contribution >= 0.6 is 0 Å². The minimum absolute atomic E-state index is 0.0410. The molecule has 0 saturated carbocycles. The number of allylic oxidation sites excluding steroid dienone is 3. The zero-order chi connectivity index (χ0) is 18.4. The van der Waals surface area contributed by atoms with Crippen molar-refractivity contribution in [3.8, 4) is 0 Å². The summed E-state index contributed by atoms with van der Waals surface area (Å²) in [6, 6.07) is 12.3. The van der Waals surface area contributed by atoms with Crippen molar-refractivity contribution < 1.29 is 9.15 Å². The quantitative estimate of drug-likeness (QED) is 0.426. The molecule has 0 spiro atoms. The normalized spacial score (nSPS) is 22.7. The zero-order valence-electron chi connectivity index (χ0n) is 15.2. The number of rotatable bonds is 0. The molecule has 2 unspecified atom stereocenters. The van der Waals surface area contributed by atoms with E-state index in [0.717, 1.165) is 51.7 Å². The lowest BCUT2D eigenvalue weighted by molar-refractivity contribution is 0.164. The Morgan fingerprint density at radius 1 is 1.00 bits per heavy atom. The molecule has 2 N–H and O–H groups in total. The van der Waals surface area contributed by atoms with Gasteiger partial charge in [-0.1, -0.05) is 30.4 Å². The lowest BCUT2D eigenvalue weighted by Crippen LogP contribution is -2.20. The zero-order valence-corrected chi connectivity index (χ0v) is 15.2. The largest absolute Gasteiger partial charge is 0.489 e. The molecular weight excluding hydrogens is 348 g/mol. The summed E-state index contributed by atoms with van der Waals surface area (Å²) in [6.45, 7) is 0. The van der Waals surface area contributed by atoms with Gasteiger partial charge in [0.2, 0.25) is 0 Å². The molecule has 7 rings (SSSR count). The van der Waals surface area contributed by atoms with Crippen LogP contribution in [0.25, 0.3) is 38.9 Å². The molecule has 3 aliphatic rings. The number of ether oxygens (including phenoxy) is 1. The third-order valence-corrected chi connectivity index (χ3v) is 6.44. The van der Waals surface area contributed by atoms with Crippen LogP contribution in [0.5, 0.6) is 0 Å². The predicted octanol–water partition coefficient (Wildman–Crippen LogP) is 5.37. The van der Waals surface area contributed by atoms with E-state index in [9.17, 15) is 0 Å². The second-order valence-corrected chi connectivity index (χ2v) is 7.84. The Bertz CT molecular complexity index is 1410. The Morgan fingerprint density at radius 3 is 2.89 bits per heavy atom. The third-order valence-electron chi connectivity index (χ3n) is 6.44. The topological polar surface area (TPSA) is 53.3 Å². The fraction of sp³-hybridized carbons (Fsp3) is 0.167. The van der Waals surface area contributed by atoms with Crippen LogP contribution < -0.4 is 5.84 Å². The second kappa shape index (κ2) is 4.90. The van der Waals surface area contributed by atoms with Crippen LogP contribution in [-0.2, 0) is 4.74 Å². The maximum absolute atomic E-state index is 6.57. The number of para-hydroxylation sites is 1. The van der Waals surface area contributed by atoms with E-state index in [1.807, 2.05) is 22.9 Å². The maximum atomic E-state index is 6.57. The average molecular weight is 366 g/mol. The van der Waals surface area contributed by atoms with Gasteiger partial charge in [-0.25, -0.2) is 0 Å². The van der Waals surface area contributed by atoms with Gasteiger partial charge in [-0.3, -0.25) is 4.68 Å². The van der Waals surface area contributed by atoms with E-state index < -0.39 is 0 Å². The number of hydrogen-bond donors (Lipinski definition) is 1. The predicted molar refractivity (Wildman–Crippen MR) is 111 cm³/mol. The minimum atomic E-state index is 0.0410. The smallest absolute Gasteiger partial charge is 0.136 e. The van der Waals surface area contributed by atoms with Crippen LogP contribution in [0.15, 0.2) is 70.4 Å². The van der Waals surface area contributed by atoms with Crippen molar-refractivity contribution in [1.82, 2.24) is 4.68 Å². The van der Waals surface area contributed by atoms with Gasteiger partial charge in [0.15, 0.2) is 0 Å². The lowest BCUT2D eigenvalue weighted by Gasteiger charge is -2.22. The molecular formula is C24H18N2O2. The number of nitrogens with two attached hydrogens (primary N) is 1. The Labute approximate surface area is 161 Å². The van der Waals surface area contributed by atoms with Crippen LogP contribution in [-0.4, -0.2) is 10.8 Å². The summed E-state index contributed by atoms with van der Waals surface area (Å²) in [5, 5.41) is 3.47. The van der Waals surface area contributed by atoms with Crippen LogP contribution in [0.3, 0.4) is 0 Å². The molecule has 2 aromatic heterocycles. The Hall–Kier alpha value is -3.40. The van der Waals surface area contributed by atoms with E-state index in [0.29, 0.717) is 0 Å². The summed E-state index contributed by atoms with van der Waals surface area (Å²) in [5.41, 5.74) is 6.47. The summed E-state index contributed by atoms with van der Waals surface area (Å²) in [7, 11) is 0. The Kier molecular flexibility index (Phi) is 2.56. The van der Waals surface area contributed by atoms with Crippen molar-refractivity contribution in [3.63, 3.8) is 0 Å². The molecule has 0 fully saturated rings. The highest BCUT2D eigenvalue weighted by Gasteiger charge is 2.41. The number of benzene rings is 2. The van der Waals surface area contributed by atoms with Crippen molar-refractivity contribution >= 4 is 38.9 Å². The highest BCUT2D eigenvalue weighted by atomic mass is 16.5. The fourth-order valence-corrected chi connectivity index (χ4v) is 5.28. The van der Waals surface area contributed by atoms with Gasteiger partial charge in [0.1, 0.15) is 23.0 Å². The summed E-state index contributed by atoms with van der Waals surface area (Å²) in [6.07, 6.45) is 10.8. The van der Waals surface area contributed by atoms with E-state index in [4.69, 9.17) is 15.0 Å². The molecule has 1 aliphatic heterocycles. The number of furan rings is 1. The van der Waals surface area contributed by atoms with Gasteiger partial charge in [0.25, 0.3) is 0 Å². The molecule has 28 heavy (non-hydrogen) atoms. The third kappa shape index (κ3) is 1.62. The summed E-state index contributed by atoms with van der Waals surface area (Å²) >= 11 is 0. The maximum Gasteiger partial charge on any atom is 0.136 e. The lowest BCUT2D eigenvalue weighted by atomic mass is 9.80. The Balaban J connectivity index is 1.67. The molecule has 0 bridgehead atoms. The van der Waals surface area contributed by atoms with Crippen molar-refractivity contribution in [2.75, 3.05) is 5.84 Å². The molecule has 3 heterocycles. The van der Waals surface area contributed by atoms with Gasteiger partial charge < -0.3 is 15.0 Å². The molecule has 2 aliphatic carbocycles. The van der Waals surface area contributed by atoms with Gasteiger partial charge in [0.05, 0.1) is 17.1 Å². The van der Waals surface area contributed by atoms with Crippen molar-refractivity contribution in [3.05, 3.63) is 77.2 Å². The molecule has 0 radical (unpaired) electrons. The van der Waals surface area contributed by atoms with E-state index >= 15 is 0 Å². The highest BCUT2D eigenvalue weighted by molar-refractivity contribution is 6.20. The van der Waals surface area contributed by atoms with Crippen LogP contribution in [0.4, 0.5) is 0 Å². The standard InChI is InChI=1S/C24H18N2O2/c25-26-15-9-11-19-21(13-5-1-3-7-17(13)27-19)23(15)24-16(26)10-12-20-22(24)14-6-2-4-8-18(14)28-20/h1-3,5-7,9-12,20,22H,4,8,25H2. The van der Waals surface area contributed by atoms with Crippen molar-refractivity contribution in [2.24, 2.45) is 0 Å². The number of hydrogen-bond acceptors (Lipinski definition) is 3. The summed E-state index contributed by atoms with van der Waals surface area (Å²) < 4.78 is 14.3. The highest BCUT2D eigenvalue weighted by Crippen LogP contribution is 2.51. The monoisotopic (exact) mass is 366 g/mol. The fourth-order valence-electron chi connectivity index (χ4n) is 5.28. The van der Waals surface area contributed by atoms with Crippen LogP contribution in [0, 0.1) is 0 Å². The molecule has 4 nitrogen and oxygen atoms in total. The first kappa shape index (κ1) is 14.6. The number of nitrogen functional groups attached to an aromatic ring is 1. The molecule has 2 aromatic carbocycles. The van der Waals surface area contributed by atoms with E-state index in [2.05, 4.69) is 42.5 Å². The second-order valence-electron chi connectivity index (χ2n) is 7.84. The van der Waals surface area contributed by atoms with Crippen molar-refractivity contribution in [1.29, 1.82) is 0 Å². The molecule has 136 valence electrons. The molecule has 2 atom stereocenters. The van der Waals surface area contributed by atoms with E-state index in [1.165, 1.54) is 16.5 Å². The van der Waals surface area contributed by atoms with Gasteiger partial charge in [-0.15, -0.1) is 0 Å². The molecule has 4 heteroatoms. The van der Waals surface area contributed by atoms with Gasteiger partial charge >= 0.3 is 0 Å². The van der Waals surface area contributed by atoms with Crippen LogP contribution in [0.2, 0.25) is 0 Å². The molecule has 0 saturated heterocycles. The average Bonchev–Trinajstić information content (AvgIpc) is 3.37. The van der Waals surface area contributed by atoms with Gasteiger partial charge in [-0.05, 0) is 42.3 Å². The SMILES string of the molecule is Nn1c2c(c3c4c(ccc31)oc1ccccc14)C1C3=C(CCC=C3)OC1C=C2. The first-order chi connectivity index (χ1) is 13.8. The Morgan fingerprint density at radius 2 is 1.93 bits per heavy atom. The molecule has 4 aromatic rings. The van der Waals surface area contributed by atoms with Crippen molar-refractivity contribution in [2.45, 2.75) is 24.9 Å². The molecule has 0 amide bonds. The van der Waals surface area contributed by atoms with Crippen LogP contribution in [0.1, 0.15) is 30.0 Å². The first-order valence-corrected chi connectivity index (χ1v) is 9.79.